The van der Waals surface area contributed by atoms with Gasteiger partial charge >= 0.3 is 0 Å². The molecule has 2 heterocycles. The van der Waals surface area contributed by atoms with Crippen LogP contribution in [-0.2, 0) is 4.79 Å². The van der Waals surface area contributed by atoms with Gasteiger partial charge in [-0.3, -0.25) is 14.3 Å². The lowest BCUT2D eigenvalue weighted by Crippen LogP contribution is -2.30. The fourth-order valence-corrected chi connectivity index (χ4v) is 6.19. The number of aromatic nitrogens is 3. The second kappa shape index (κ2) is 9.68. The van der Waals surface area contributed by atoms with Crippen molar-refractivity contribution in [3.05, 3.63) is 109 Å². The number of thioether (sulfide) groups is 1. The van der Waals surface area contributed by atoms with Crippen LogP contribution in [0.2, 0.25) is 0 Å². The van der Waals surface area contributed by atoms with Crippen LogP contribution >= 0.6 is 23.5 Å². The number of rotatable bonds is 5. The van der Waals surface area contributed by atoms with Crippen molar-refractivity contribution in [1.29, 1.82) is 0 Å². The summed E-state index contributed by atoms with van der Waals surface area (Å²) in [7, 11) is 0. The van der Waals surface area contributed by atoms with Crippen molar-refractivity contribution >= 4 is 40.8 Å². The molecule has 1 aliphatic heterocycles. The van der Waals surface area contributed by atoms with Crippen LogP contribution < -0.4 is 4.90 Å². The van der Waals surface area contributed by atoms with Gasteiger partial charge in [-0.15, -0.1) is 10.2 Å². The van der Waals surface area contributed by atoms with Gasteiger partial charge in [-0.25, -0.2) is 0 Å². The van der Waals surface area contributed by atoms with E-state index in [1.54, 1.807) is 11.8 Å². The fourth-order valence-electron chi connectivity index (χ4n) is 4.34. The second-order valence-corrected chi connectivity index (χ2v) is 10.4. The molecular formula is C29H22N4OS2. The maximum absolute atomic E-state index is 13.7. The SMILES string of the molecule is Cc1ccccc1-c1nnc(SCC(=O)N2c3ccccc3Sc3ccccc32)n1-c1ccccc1. The van der Waals surface area contributed by atoms with Gasteiger partial charge < -0.3 is 0 Å². The summed E-state index contributed by atoms with van der Waals surface area (Å²) in [5.74, 6) is 0.992. The molecule has 5 nitrogen and oxygen atoms in total. The molecule has 6 rings (SSSR count). The predicted octanol–water partition coefficient (Wildman–Crippen LogP) is 7.16. The van der Waals surface area contributed by atoms with E-state index in [4.69, 9.17) is 0 Å². The molecule has 0 aliphatic carbocycles. The van der Waals surface area contributed by atoms with Gasteiger partial charge in [-0.2, -0.15) is 0 Å². The van der Waals surface area contributed by atoms with Crippen LogP contribution in [-0.4, -0.2) is 26.4 Å². The molecule has 176 valence electrons. The van der Waals surface area contributed by atoms with Crippen LogP contribution in [0.1, 0.15) is 5.56 Å². The van der Waals surface area contributed by atoms with Crippen molar-refractivity contribution in [2.24, 2.45) is 0 Å². The van der Waals surface area contributed by atoms with Gasteiger partial charge in [0.25, 0.3) is 0 Å². The Labute approximate surface area is 218 Å². The van der Waals surface area contributed by atoms with E-state index >= 15 is 0 Å². The monoisotopic (exact) mass is 506 g/mol. The lowest BCUT2D eigenvalue weighted by Gasteiger charge is -2.30. The number of aryl methyl sites for hydroxylation is 1. The molecule has 36 heavy (non-hydrogen) atoms. The van der Waals surface area contributed by atoms with E-state index in [1.165, 1.54) is 11.8 Å². The van der Waals surface area contributed by atoms with Gasteiger partial charge in [0, 0.05) is 21.0 Å². The minimum Gasteiger partial charge on any atom is -0.278 e. The highest BCUT2D eigenvalue weighted by Gasteiger charge is 2.28. The van der Waals surface area contributed by atoms with E-state index < -0.39 is 0 Å². The number of fused-ring (bicyclic) bond motifs is 2. The first-order valence-corrected chi connectivity index (χ1v) is 13.4. The fraction of sp³-hybridized carbons (Fsp3) is 0.0690. The number of amides is 1. The molecule has 7 heteroatoms. The van der Waals surface area contributed by atoms with Gasteiger partial charge in [-0.05, 0) is 48.9 Å². The van der Waals surface area contributed by atoms with E-state index in [9.17, 15) is 4.79 Å². The molecule has 5 aromatic rings. The average molecular weight is 507 g/mol. The van der Waals surface area contributed by atoms with E-state index in [0.29, 0.717) is 5.16 Å². The molecule has 1 aromatic heterocycles. The Morgan fingerprint density at radius 3 is 2.08 bits per heavy atom. The van der Waals surface area contributed by atoms with E-state index in [-0.39, 0.29) is 11.7 Å². The Morgan fingerprint density at radius 1 is 0.778 bits per heavy atom. The molecule has 0 radical (unpaired) electrons. The Morgan fingerprint density at radius 2 is 1.39 bits per heavy atom. The van der Waals surface area contributed by atoms with Crippen LogP contribution in [0.4, 0.5) is 11.4 Å². The summed E-state index contributed by atoms with van der Waals surface area (Å²) >= 11 is 3.10. The van der Waals surface area contributed by atoms with Gasteiger partial charge in [0.15, 0.2) is 11.0 Å². The van der Waals surface area contributed by atoms with Crippen LogP contribution in [0.15, 0.2) is 118 Å². The van der Waals surface area contributed by atoms with Crippen LogP contribution in [0.25, 0.3) is 17.1 Å². The first kappa shape index (κ1) is 22.6. The Balaban J connectivity index is 1.35. The quantitative estimate of drug-likeness (QED) is 0.237. The molecule has 0 unspecified atom stereocenters. The Hall–Kier alpha value is -3.81. The first-order chi connectivity index (χ1) is 17.7. The highest BCUT2D eigenvalue weighted by atomic mass is 32.2. The van der Waals surface area contributed by atoms with Gasteiger partial charge in [-0.1, -0.05) is 90.3 Å². The minimum atomic E-state index is 0.000235. The van der Waals surface area contributed by atoms with E-state index in [0.717, 1.165) is 43.8 Å². The summed E-state index contributed by atoms with van der Waals surface area (Å²) < 4.78 is 2.04. The molecule has 0 fully saturated rings. The Bertz CT molecular complexity index is 1520. The van der Waals surface area contributed by atoms with Gasteiger partial charge in [0.1, 0.15) is 0 Å². The third-order valence-corrected chi connectivity index (χ3v) is 8.08. The topological polar surface area (TPSA) is 51.0 Å². The zero-order chi connectivity index (χ0) is 24.5. The van der Waals surface area contributed by atoms with Crippen LogP contribution in [0.5, 0.6) is 0 Å². The van der Waals surface area contributed by atoms with Crippen molar-refractivity contribution in [3.8, 4) is 17.1 Å². The maximum atomic E-state index is 13.7. The summed E-state index contributed by atoms with van der Waals surface area (Å²) in [5, 5.41) is 9.75. The highest BCUT2D eigenvalue weighted by molar-refractivity contribution is 8.00. The normalized spacial score (nSPS) is 12.2. The van der Waals surface area contributed by atoms with E-state index in [1.807, 2.05) is 88.3 Å². The van der Waals surface area contributed by atoms with Crippen LogP contribution in [0.3, 0.4) is 0 Å². The number of hydrogen-bond acceptors (Lipinski definition) is 5. The third-order valence-electron chi connectivity index (χ3n) is 6.04. The molecule has 4 aromatic carbocycles. The van der Waals surface area contributed by atoms with Crippen molar-refractivity contribution in [3.63, 3.8) is 0 Å². The summed E-state index contributed by atoms with van der Waals surface area (Å²) in [5.41, 5.74) is 4.92. The maximum Gasteiger partial charge on any atom is 0.242 e. The smallest absolute Gasteiger partial charge is 0.242 e. The molecule has 1 aliphatic rings. The minimum absolute atomic E-state index is 0.000235. The van der Waals surface area contributed by atoms with Crippen molar-refractivity contribution < 1.29 is 4.79 Å². The summed E-state index contributed by atoms with van der Waals surface area (Å²) in [4.78, 5) is 17.7. The van der Waals surface area contributed by atoms with Crippen LogP contribution in [0, 0.1) is 6.92 Å². The molecule has 0 saturated carbocycles. The molecule has 0 spiro atoms. The number of anilines is 2. The zero-order valence-corrected chi connectivity index (χ0v) is 21.2. The lowest BCUT2D eigenvalue weighted by atomic mass is 10.1. The second-order valence-electron chi connectivity index (χ2n) is 8.35. The molecule has 0 atom stereocenters. The number of carbonyl (C=O) groups is 1. The first-order valence-electron chi connectivity index (χ1n) is 11.6. The van der Waals surface area contributed by atoms with Crippen molar-refractivity contribution in [1.82, 2.24) is 14.8 Å². The lowest BCUT2D eigenvalue weighted by molar-refractivity contribution is -0.115. The highest BCUT2D eigenvalue weighted by Crippen LogP contribution is 2.48. The number of nitrogens with zero attached hydrogens (tertiary/aromatic N) is 4. The van der Waals surface area contributed by atoms with E-state index in [2.05, 4.69) is 41.4 Å². The summed E-state index contributed by atoms with van der Waals surface area (Å²) in [6, 6.07) is 34.3. The zero-order valence-electron chi connectivity index (χ0n) is 19.5. The molecule has 1 amide bonds. The van der Waals surface area contributed by atoms with Crippen molar-refractivity contribution in [2.75, 3.05) is 10.7 Å². The average Bonchev–Trinajstić information content (AvgIpc) is 3.34. The number of benzene rings is 4. The largest absolute Gasteiger partial charge is 0.278 e. The van der Waals surface area contributed by atoms with Gasteiger partial charge in [0.2, 0.25) is 5.91 Å². The Kier molecular flexibility index (Phi) is 6.09. The number of hydrogen-bond donors (Lipinski definition) is 0. The third kappa shape index (κ3) is 4.10. The van der Waals surface area contributed by atoms with Gasteiger partial charge in [0.05, 0.1) is 17.1 Å². The van der Waals surface area contributed by atoms with Crippen molar-refractivity contribution in [2.45, 2.75) is 21.9 Å². The molecule has 0 saturated heterocycles. The molecule has 0 N–H and O–H groups in total. The summed E-state index contributed by atoms with van der Waals surface area (Å²) in [6.07, 6.45) is 0. The number of carbonyl (C=O) groups excluding carboxylic acids is 1. The standard InChI is InChI=1S/C29H22N4OS2/c1-20-11-5-6-14-22(20)28-30-31-29(32(28)21-12-3-2-4-13-21)35-19-27(34)33-23-15-7-9-17-25(23)36-26-18-10-8-16-24(26)33/h2-18H,19H2,1H3. The number of para-hydroxylation sites is 3. The summed E-state index contributed by atoms with van der Waals surface area (Å²) in [6.45, 7) is 2.07. The predicted molar refractivity (Wildman–Crippen MR) is 146 cm³/mol. The molecular weight excluding hydrogens is 484 g/mol. The molecule has 0 bridgehead atoms.